The lowest BCUT2D eigenvalue weighted by molar-refractivity contribution is -0.135. The standard InChI is InChI=1S/C31H26N2O6/c34-23-17-24(35)29-25(36)18-26(19-6-2-1-3-7-19)39-31(29)28(23)22(16-27(37)33-12-14-38-15-13-33)21-10-4-8-20-9-5-11-32-30(20)21/h1-11,17-18,22,34-35H,12-16H2/t22-/m0/s1. The maximum atomic E-state index is 13.6. The van der Waals surface area contributed by atoms with Crippen molar-refractivity contribution >= 4 is 27.8 Å². The van der Waals surface area contributed by atoms with E-state index in [0.29, 0.717) is 42.9 Å². The predicted molar refractivity (Wildman–Crippen MR) is 147 cm³/mol. The zero-order valence-electron chi connectivity index (χ0n) is 21.0. The summed E-state index contributed by atoms with van der Waals surface area (Å²) in [4.78, 5) is 33.2. The highest BCUT2D eigenvalue weighted by Crippen LogP contribution is 2.44. The van der Waals surface area contributed by atoms with Gasteiger partial charge in [0.1, 0.15) is 28.2 Å². The van der Waals surface area contributed by atoms with Gasteiger partial charge in [0.15, 0.2) is 5.43 Å². The van der Waals surface area contributed by atoms with Crippen LogP contribution in [0.3, 0.4) is 0 Å². The number of carbonyl (C=O) groups is 1. The van der Waals surface area contributed by atoms with Gasteiger partial charge in [0, 0.05) is 60.3 Å². The Hall–Kier alpha value is -4.69. The fourth-order valence-corrected chi connectivity index (χ4v) is 5.30. The molecule has 1 amide bonds. The van der Waals surface area contributed by atoms with Crippen molar-refractivity contribution in [3.05, 3.63) is 100 Å². The Balaban J connectivity index is 1.61. The molecule has 3 heterocycles. The number of morpholine rings is 1. The van der Waals surface area contributed by atoms with Crippen molar-refractivity contribution in [1.29, 1.82) is 0 Å². The number of para-hydroxylation sites is 1. The molecular weight excluding hydrogens is 496 g/mol. The Morgan fingerprint density at radius 1 is 0.949 bits per heavy atom. The lowest BCUT2D eigenvalue weighted by atomic mass is 9.84. The van der Waals surface area contributed by atoms with Crippen LogP contribution in [-0.2, 0) is 9.53 Å². The number of nitrogens with zero attached hydrogens (tertiary/aromatic N) is 2. The molecule has 0 bridgehead atoms. The Labute approximate surface area is 223 Å². The lowest BCUT2D eigenvalue weighted by Gasteiger charge is -2.29. The summed E-state index contributed by atoms with van der Waals surface area (Å²) < 4.78 is 11.7. The van der Waals surface area contributed by atoms with Crippen LogP contribution in [0.1, 0.15) is 23.5 Å². The molecule has 0 unspecified atom stereocenters. The molecule has 0 saturated carbocycles. The third-order valence-electron chi connectivity index (χ3n) is 7.19. The van der Waals surface area contributed by atoms with E-state index in [0.717, 1.165) is 11.5 Å². The predicted octanol–water partition coefficient (Wildman–Crippen LogP) is 4.80. The molecule has 196 valence electrons. The topological polar surface area (TPSA) is 113 Å². The number of pyridine rings is 1. The van der Waals surface area contributed by atoms with Crippen LogP contribution in [0.15, 0.2) is 88.2 Å². The van der Waals surface area contributed by atoms with Gasteiger partial charge in [-0.1, -0.05) is 54.6 Å². The average molecular weight is 523 g/mol. The number of phenols is 2. The maximum absolute atomic E-state index is 13.6. The van der Waals surface area contributed by atoms with E-state index >= 15 is 0 Å². The number of hydrogen-bond acceptors (Lipinski definition) is 7. The van der Waals surface area contributed by atoms with Crippen LogP contribution >= 0.6 is 0 Å². The minimum atomic E-state index is -0.726. The summed E-state index contributed by atoms with van der Waals surface area (Å²) in [7, 11) is 0. The number of phenolic OH excluding ortho intramolecular Hbond substituents is 2. The SMILES string of the molecule is O=C(C[C@@H](c1cccc2cccnc12)c1c(O)cc(O)c2c(=O)cc(-c3ccccc3)oc12)N1CCOCC1. The number of aromatic hydroxyl groups is 2. The zero-order valence-corrected chi connectivity index (χ0v) is 21.0. The number of carbonyl (C=O) groups excluding carboxylic acids is 1. The smallest absolute Gasteiger partial charge is 0.223 e. The highest BCUT2D eigenvalue weighted by molar-refractivity contribution is 5.92. The second kappa shape index (κ2) is 10.2. The minimum absolute atomic E-state index is 0.0115. The Morgan fingerprint density at radius 2 is 1.72 bits per heavy atom. The fraction of sp³-hybridized carbons (Fsp3) is 0.194. The van der Waals surface area contributed by atoms with Gasteiger partial charge < -0.3 is 24.3 Å². The number of amides is 1. The first-order valence-corrected chi connectivity index (χ1v) is 12.8. The van der Waals surface area contributed by atoms with Crippen LogP contribution in [0.25, 0.3) is 33.2 Å². The van der Waals surface area contributed by atoms with E-state index in [2.05, 4.69) is 4.98 Å². The molecule has 1 saturated heterocycles. The minimum Gasteiger partial charge on any atom is -0.507 e. The van der Waals surface area contributed by atoms with Gasteiger partial charge in [-0.3, -0.25) is 14.6 Å². The van der Waals surface area contributed by atoms with Gasteiger partial charge in [-0.25, -0.2) is 0 Å². The lowest BCUT2D eigenvalue weighted by Crippen LogP contribution is -2.41. The van der Waals surface area contributed by atoms with E-state index < -0.39 is 17.1 Å². The fourth-order valence-electron chi connectivity index (χ4n) is 5.30. The van der Waals surface area contributed by atoms with Crippen molar-refractivity contribution in [1.82, 2.24) is 9.88 Å². The third-order valence-corrected chi connectivity index (χ3v) is 7.19. The molecule has 3 aromatic carbocycles. The Morgan fingerprint density at radius 3 is 2.51 bits per heavy atom. The number of rotatable bonds is 5. The Kier molecular flexibility index (Phi) is 6.46. The highest BCUT2D eigenvalue weighted by Gasteiger charge is 2.31. The van der Waals surface area contributed by atoms with E-state index in [1.165, 1.54) is 6.07 Å². The number of hydrogen-bond donors (Lipinski definition) is 2. The van der Waals surface area contributed by atoms with Gasteiger partial charge in [-0.15, -0.1) is 0 Å². The molecule has 0 radical (unpaired) electrons. The van der Waals surface area contributed by atoms with E-state index in [-0.39, 0.29) is 40.4 Å². The normalized spacial score (nSPS) is 14.5. The zero-order chi connectivity index (χ0) is 26.9. The highest BCUT2D eigenvalue weighted by atomic mass is 16.5. The molecule has 5 aromatic rings. The van der Waals surface area contributed by atoms with Gasteiger partial charge in [-0.2, -0.15) is 0 Å². The van der Waals surface area contributed by atoms with Crippen molar-refractivity contribution in [3.8, 4) is 22.8 Å². The summed E-state index contributed by atoms with van der Waals surface area (Å²) in [5, 5.41) is 22.8. The first-order valence-electron chi connectivity index (χ1n) is 12.8. The molecule has 0 aliphatic carbocycles. The molecule has 2 aromatic heterocycles. The molecule has 0 spiro atoms. The van der Waals surface area contributed by atoms with E-state index in [1.807, 2.05) is 48.5 Å². The van der Waals surface area contributed by atoms with Crippen LogP contribution in [0.4, 0.5) is 0 Å². The van der Waals surface area contributed by atoms with Gasteiger partial charge in [-0.05, 0) is 11.6 Å². The summed E-state index contributed by atoms with van der Waals surface area (Å²) in [5.41, 5.74) is 1.86. The van der Waals surface area contributed by atoms with Crippen molar-refractivity contribution in [2.75, 3.05) is 26.3 Å². The second-order valence-electron chi connectivity index (χ2n) is 9.55. The van der Waals surface area contributed by atoms with Crippen LogP contribution in [-0.4, -0.2) is 52.3 Å². The van der Waals surface area contributed by atoms with Crippen molar-refractivity contribution in [2.45, 2.75) is 12.3 Å². The maximum Gasteiger partial charge on any atom is 0.223 e. The largest absolute Gasteiger partial charge is 0.507 e. The van der Waals surface area contributed by atoms with Gasteiger partial charge >= 0.3 is 0 Å². The molecule has 6 rings (SSSR count). The summed E-state index contributed by atoms with van der Waals surface area (Å²) in [6, 6.07) is 21.0. The number of fused-ring (bicyclic) bond motifs is 2. The molecule has 1 fully saturated rings. The van der Waals surface area contributed by atoms with Gasteiger partial charge in [0.25, 0.3) is 0 Å². The van der Waals surface area contributed by atoms with Crippen molar-refractivity contribution in [3.63, 3.8) is 0 Å². The van der Waals surface area contributed by atoms with Crippen molar-refractivity contribution in [2.24, 2.45) is 0 Å². The van der Waals surface area contributed by atoms with Gasteiger partial charge in [0.2, 0.25) is 5.91 Å². The van der Waals surface area contributed by atoms with Crippen LogP contribution < -0.4 is 5.43 Å². The summed E-state index contributed by atoms with van der Waals surface area (Å²) >= 11 is 0. The summed E-state index contributed by atoms with van der Waals surface area (Å²) in [5.74, 6) is -1.24. The quantitative estimate of drug-likeness (QED) is 0.341. The molecule has 8 nitrogen and oxygen atoms in total. The summed E-state index contributed by atoms with van der Waals surface area (Å²) in [6.07, 6.45) is 1.66. The number of benzene rings is 3. The third kappa shape index (κ3) is 4.59. The van der Waals surface area contributed by atoms with Crippen LogP contribution in [0.5, 0.6) is 11.5 Å². The molecule has 8 heteroatoms. The Bertz CT molecular complexity index is 1740. The summed E-state index contributed by atoms with van der Waals surface area (Å²) in [6.45, 7) is 1.84. The van der Waals surface area contributed by atoms with E-state index in [1.54, 1.807) is 23.2 Å². The molecule has 2 N–H and O–H groups in total. The van der Waals surface area contributed by atoms with Crippen LogP contribution in [0, 0.1) is 0 Å². The molecule has 1 aliphatic heterocycles. The first-order chi connectivity index (χ1) is 19.0. The molecular formula is C31H26N2O6. The van der Waals surface area contributed by atoms with Gasteiger partial charge in [0.05, 0.1) is 18.7 Å². The first kappa shape index (κ1) is 24.6. The molecule has 1 aliphatic rings. The number of ether oxygens (including phenoxy) is 1. The van der Waals surface area contributed by atoms with Crippen molar-refractivity contribution < 1.29 is 24.2 Å². The van der Waals surface area contributed by atoms with E-state index in [4.69, 9.17) is 9.15 Å². The number of aromatic nitrogens is 1. The monoisotopic (exact) mass is 522 g/mol. The van der Waals surface area contributed by atoms with E-state index in [9.17, 15) is 19.8 Å². The van der Waals surface area contributed by atoms with Crippen LogP contribution in [0.2, 0.25) is 0 Å². The average Bonchev–Trinajstić information content (AvgIpc) is 2.96. The molecule has 39 heavy (non-hydrogen) atoms. The second-order valence-corrected chi connectivity index (χ2v) is 9.55. The molecule has 1 atom stereocenters.